The van der Waals surface area contributed by atoms with Crippen LogP contribution in [-0.4, -0.2) is 35.6 Å². The molecule has 1 unspecified atom stereocenters. The SMILES string of the molecule is O=C(c1ccc(Br)cc1S)N1CCCC(CCO)C1. The Kier molecular flexibility index (Phi) is 5.30. The third-order valence-corrected chi connectivity index (χ3v) is 4.40. The Labute approximate surface area is 127 Å². The fourth-order valence-corrected chi connectivity index (χ4v) is 3.37. The number of aliphatic hydroxyl groups is 1. The largest absolute Gasteiger partial charge is 0.396 e. The molecule has 1 aromatic carbocycles. The third kappa shape index (κ3) is 3.74. The monoisotopic (exact) mass is 343 g/mol. The number of rotatable bonds is 3. The Morgan fingerprint density at radius 2 is 2.32 bits per heavy atom. The van der Waals surface area contributed by atoms with Crippen molar-refractivity contribution < 1.29 is 9.90 Å². The lowest BCUT2D eigenvalue weighted by molar-refractivity contribution is 0.0650. The summed E-state index contributed by atoms with van der Waals surface area (Å²) in [6.07, 6.45) is 2.88. The first-order valence-corrected chi connectivity index (χ1v) is 7.74. The number of halogens is 1. The smallest absolute Gasteiger partial charge is 0.254 e. The third-order valence-electron chi connectivity index (χ3n) is 3.53. The first-order valence-electron chi connectivity index (χ1n) is 6.50. The second-order valence-corrected chi connectivity index (χ2v) is 6.33. The fraction of sp³-hybridized carbons (Fsp3) is 0.500. The molecule has 1 heterocycles. The van der Waals surface area contributed by atoms with Crippen molar-refractivity contribution >= 4 is 34.5 Å². The number of piperidine rings is 1. The molecule has 3 nitrogen and oxygen atoms in total. The number of hydrogen-bond donors (Lipinski definition) is 2. The fourth-order valence-electron chi connectivity index (χ4n) is 2.52. The van der Waals surface area contributed by atoms with E-state index in [4.69, 9.17) is 5.11 Å². The molecule has 0 aromatic heterocycles. The molecule has 0 radical (unpaired) electrons. The van der Waals surface area contributed by atoms with Crippen LogP contribution in [0.4, 0.5) is 0 Å². The number of likely N-dealkylation sites (tertiary alicyclic amines) is 1. The van der Waals surface area contributed by atoms with E-state index in [0.717, 1.165) is 36.8 Å². The van der Waals surface area contributed by atoms with Crippen molar-refractivity contribution in [3.63, 3.8) is 0 Å². The summed E-state index contributed by atoms with van der Waals surface area (Å²) < 4.78 is 0.922. The summed E-state index contributed by atoms with van der Waals surface area (Å²) >= 11 is 7.74. The molecule has 1 aromatic rings. The lowest BCUT2D eigenvalue weighted by atomic mass is 9.94. The average molecular weight is 344 g/mol. The minimum absolute atomic E-state index is 0.0418. The van der Waals surface area contributed by atoms with Gasteiger partial charge in [-0.15, -0.1) is 12.6 Å². The van der Waals surface area contributed by atoms with Crippen molar-refractivity contribution in [1.29, 1.82) is 0 Å². The van der Waals surface area contributed by atoms with Crippen LogP contribution >= 0.6 is 28.6 Å². The van der Waals surface area contributed by atoms with E-state index in [1.165, 1.54) is 0 Å². The molecule has 0 aliphatic carbocycles. The predicted octanol–water partition coefficient (Wildman–Crippen LogP) is 2.97. The second-order valence-electron chi connectivity index (χ2n) is 4.93. The van der Waals surface area contributed by atoms with Gasteiger partial charge in [0, 0.05) is 29.1 Å². The Hall–Kier alpha value is -0.520. The number of carbonyl (C=O) groups is 1. The van der Waals surface area contributed by atoms with Crippen LogP contribution in [0.2, 0.25) is 0 Å². The van der Waals surface area contributed by atoms with Gasteiger partial charge in [0.2, 0.25) is 0 Å². The molecule has 104 valence electrons. The van der Waals surface area contributed by atoms with Crippen molar-refractivity contribution in [3.05, 3.63) is 28.2 Å². The molecule has 1 aliphatic rings. The maximum Gasteiger partial charge on any atom is 0.254 e. The zero-order valence-electron chi connectivity index (χ0n) is 10.7. The van der Waals surface area contributed by atoms with Crippen LogP contribution in [-0.2, 0) is 0 Å². The highest BCUT2D eigenvalue weighted by molar-refractivity contribution is 9.10. The van der Waals surface area contributed by atoms with E-state index < -0.39 is 0 Å². The number of benzene rings is 1. The van der Waals surface area contributed by atoms with Gasteiger partial charge in [-0.3, -0.25) is 4.79 Å². The highest BCUT2D eigenvalue weighted by Gasteiger charge is 2.25. The van der Waals surface area contributed by atoms with E-state index in [1.807, 2.05) is 23.1 Å². The van der Waals surface area contributed by atoms with Crippen LogP contribution in [0.3, 0.4) is 0 Å². The lowest BCUT2D eigenvalue weighted by Gasteiger charge is -2.32. The number of amides is 1. The molecule has 1 N–H and O–H groups in total. The zero-order valence-corrected chi connectivity index (χ0v) is 13.2. The van der Waals surface area contributed by atoms with E-state index in [0.29, 0.717) is 16.4 Å². The van der Waals surface area contributed by atoms with E-state index in [1.54, 1.807) is 0 Å². The lowest BCUT2D eigenvalue weighted by Crippen LogP contribution is -2.40. The Morgan fingerprint density at radius 3 is 3.00 bits per heavy atom. The predicted molar refractivity (Wildman–Crippen MR) is 81.7 cm³/mol. The molecule has 1 atom stereocenters. The van der Waals surface area contributed by atoms with Crippen molar-refractivity contribution in [2.75, 3.05) is 19.7 Å². The van der Waals surface area contributed by atoms with Crippen LogP contribution in [0.1, 0.15) is 29.6 Å². The van der Waals surface area contributed by atoms with Gasteiger partial charge in [0.25, 0.3) is 5.91 Å². The van der Waals surface area contributed by atoms with Crippen molar-refractivity contribution in [1.82, 2.24) is 4.90 Å². The van der Waals surface area contributed by atoms with Crippen molar-refractivity contribution in [2.45, 2.75) is 24.2 Å². The van der Waals surface area contributed by atoms with E-state index in [-0.39, 0.29) is 12.5 Å². The molecule has 1 saturated heterocycles. The first-order chi connectivity index (χ1) is 9.11. The summed E-state index contributed by atoms with van der Waals surface area (Å²) in [5.74, 6) is 0.460. The number of hydrogen-bond acceptors (Lipinski definition) is 3. The summed E-state index contributed by atoms with van der Waals surface area (Å²) in [6, 6.07) is 5.51. The molecule has 0 spiro atoms. The molecule has 1 fully saturated rings. The summed E-state index contributed by atoms with van der Waals surface area (Å²) in [5, 5.41) is 9.01. The summed E-state index contributed by atoms with van der Waals surface area (Å²) in [5.41, 5.74) is 0.649. The van der Waals surface area contributed by atoms with Crippen LogP contribution < -0.4 is 0 Å². The summed E-state index contributed by atoms with van der Waals surface area (Å²) in [4.78, 5) is 15.1. The maximum atomic E-state index is 12.5. The van der Waals surface area contributed by atoms with E-state index in [9.17, 15) is 4.79 Å². The van der Waals surface area contributed by atoms with Gasteiger partial charge in [-0.05, 0) is 43.4 Å². The first kappa shape index (κ1) is 14.9. The van der Waals surface area contributed by atoms with E-state index >= 15 is 0 Å². The maximum absolute atomic E-state index is 12.5. The number of thiol groups is 1. The molecule has 2 rings (SSSR count). The van der Waals surface area contributed by atoms with Gasteiger partial charge in [-0.2, -0.15) is 0 Å². The van der Waals surface area contributed by atoms with Gasteiger partial charge in [0.05, 0.1) is 5.56 Å². The molecular weight excluding hydrogens is 326 g/mol. The molecule has 0 bridgehead atoms. The second kappa shape index (κ2) is 6.77. The molecule has 0 saturated carbocycles. The van der Waals surface area contributed by atoms with Crippen molar-refractivity contribution in [3.8, 4) is 0 Å². The van der Waals surface area contributed by atoms with Crippen LogP contribution in [0, 0.1) is 5.92 Å². The van der Waals surface area contributed by atoms with Gasteiger partial charge in [0.1, 0.15) is 0 Å². The highest BCUT2D eigenvalue weighted by atomic mass is 79.9. The van der Waals surface area contributed by atoms with Crippen molar-refractivity contribution in [2.24, 2.45) is 5.92 Å². The molecule has 19 heavy (non-hydrogen) atoms. The van der Waals surface area contributed by atoms with Crippen LogP contribution in [0.15, 0.2) is 27.6 Å². The highest BCUT2D eigenvalue weighted by Crippen LogP contribution is 2.25. The number of carbonyl (C=O) groups excluding carboxylic acids is 1. The molecule has 1 aliphatic heterocycles. The number of aliphatic hydroxyl groups excluding tert-OH is 1. The molecule has 1 amide bonds. The number of nitrogens with zero attached hydrogens (tertiary/aromatic N) is 1. The topological polar surface area (TPSA) is 40.5 Å². The quantitative estimate of drug-likeness (QED) is 0.828. The van der Waals surface area contributed by atoms with Gasteiger partial charge in [0.15, 0.2) is 0 Å². The molecular formula is C14H18BrNO2S. The summed E-state index contributed by atoms with van der Waals surface area (Å²) in [6.45, 7) is 1.73. The van der Waals surface area contributed by atoms with Gasteiger partial charge < -0.3 is 10.0 Å². The Morgan fingerprint density at radius 1 is 1.53 bits per heavy atom. The van der Waals surface area contributed by atoms with Crippen LogP contribution in [0.25, 0.3) is 0 Å². The molecule has 5 heteroatoms. The normalized spacial score (nSPS) is 19.5. The van der Waals surface area contributed by atoms with Crippen LogP contribution in [0.5, 0.6) is 0 Å². The Balaban J connectivity index is 2.10. The minimum atomic E-state index is 0.0418. The Bertz CT molecular complexity index is 465. The van der Waals surface area contributed by atoms with Gasteiger partial charge >= 0.3 is 0 Å². The minimum Gasteiger partial charge on any atom is -0.396 e. The standard InChI is InChI=1S/C14H18BrNO2S/c15-11-3-4-12(13(19)8-11)14(18)16-6-1-2-10(9-16)5-7-17/h3-4,8,10,17,19H,1-2,5-7,9H2. The van der Waals surface area contributed by atoms with Gasteiger partial charge in [-0.25, -0.2) is 0 Å². The van der Waals surface area contributed by atoms with Gasteiger partial charge in [-0.1, -0.05) is 15.9 Å². The van der Waals surface area contributed by atoms with E-state index in [2.05, 4.69) is 28.6 Å². The average Bonchev–Trinajstić information content (AvgIpc) is 2.39. The summed E-state index contributed by atoms with van der Waals surface area (Å²) in [7, 11) is 0. The zero-order chi connectivity index (χ0) is 13.8.